The third-order valence-electron chi connectivity index (χ3n) is 3.14. The molecule has 1 N–H and O–H groups in total. The Morgan fingerprint density at radius 3 is 2.58 bits per heavy atom. The molecule has 0 amide bonds. The van der Waals surface area contributed by atoms with E-state index in [9.17, 15) is 9.90 Å². The van der Waals surface area contributed by atoms with Crippen LogP contribution in [0.15, 0.2) is 24.3 Å². The summed E-state index contributed by atoms with van der Waals surface area (Å²) < 4.78 is 12.2. The van der Waals surface area contributed by atoms with Crippen LogP contribution in [0.5, 0.6) is 0 Å². The van der Waals surface area contributed by atoms with Crippen molar-refractivity contribution in [3.8, 4) is 0 Å². The van der Waals surface area contributed by atoms with Gasteiger partial charge in [0.25, 0.3) is 0 Å². The van der Waals surface area contributed by atoms with Crippen LogP contribution in [-0.4, -0.2) is 29.6 Å². The van der Waals surface area contributed by atoms with Crippen molar-refractivity contribution in [2.24, 2.45) is 0 Å². The van der Waals surface area contributed by atoms with E-state index in [1.165, 1.54) is 0 Å². The van der Waals surface area contributed by atoms with Crippen molar-refractivity contribution in [1.82, 2.24) is 0 Å². The smallest absolute Gasteiger partial charge is 0.311 e. The van der Waals surface area contributed by atoms with E-state index in [4.69, 9.17) is 9.47 Å². The Morgan fingerprint density at radius 1 is 1.47 bits per heavy atom. The quantitative estimate of drug-likeness (QED) is 0.821. The zero-order valence-corrected chi connectivity index (χ0v) is 13.1. The van der Waals surface area contributed by atoms with Gasteiger partial charge in [-0.1, -0.05) is 12.1 Å². The number of carboxylic acids is 1. The number of carboxylic acid groups (broad SMARTS) is 1. The third kappa shape index (κ3) is 3.90. The number of aliphatic carboxylic acids is 1. The van der Waals surface area contributed by atoms with E-state index in [1.54, 1.807) is 0 Å². The van der Waals surface area contributed by atoms with E-state index in [0.717, 1.165) is 9.13 Å². The lowest BCUT2D eigenvalue weighted by Crippen LogP contribution is -2.24. The highest BCUT2D eigenvalue weighted by atomic mass is 127. The predicted octanol–water partition coefficient (Wildman–Crippen LogP) is 3.00. The standard InChI is InChI=1S/C14H17IO4/c1-14(2)18-8-11(19-14)7-12(13(16)17)9-3-5-10(15)6-4-9/h3-6,11-12H,7-8H2,1-2H3,(H,16,17)/t11?,12-/m0/s1. The first-order valence-corrected chi connectivity index (χ1v) is 7.25. The van der Waals surface area contributed by atoms with Crippen molar-refractivity contribution in [1.29, 1.82) is 0 Å². The molecule has 1 heterocycles. The second-order valence-electron chi connectivity index (χ2n) is 5.13. The van der Waals surface area contributed by atoms with E-state index in [0.29, 0.717) is 13.0 Å². The van der Waals surface area contributed by atoms with Crippen molar-refractivity contribution in [2.45, 2.75) is 38.1 Å². The molecule has 1 aromatic carbocycles. The van der Waals surface area contributed by atoms with Gasteiger partial charge in [-0.2, -0.15) is 0 Å². The molecular weight excluding hydrogens is 359 g/mol. The summed E-state index contributed by atoms with van der Waals surface area (Å²) in [5, 5.41) is 9.39. The molecule has 0 saturated carbocycles. The highest BCUT2D eigenvalue weighted by Crippen LogP contribution is 2.30. The molecular formula is C14H17IO4. The lowest BCUT2D eigenvalue weighted by Gasteiger charge is -2.19. The van der Waals surface area contributed by atoms with Crippen LogP contribution in [0, 0.1) is 3.57 Å². The molecule has 1 fully saturated rings. The Kier molecular flexibility index (Phi) is 4.47. The van der Waals surface area contributed by atoms with Crippen LogP contribution in [0.1, 0.15) is 31.7 Å². The molecule has 1 aliphatic heterocycles. The van der Waals surface area contributed by atoms with Gasteiger partial charge in [-0.25, -0.2) is 0 Å². The van der Waals surface area contributed by atoms with Gasteiger partial charge in [0.2, 0.25) is 0 Å². The zero-order chi connectivity index (χ0) is 14.0. The SMILES string of the molecule is CC1(C)OCC(C[C@H](C(=O)O)c2ccc(I)cc2)O1. The summed E-state index contributed by atoms with van der Waals surface area (Å²) in [6, 6.07) is 7.56. The Hall–Kier alpha value is -0.660. The van der Waals surface area contributed by atoms with Gasteiger partial charge in [0.15, 0.2) is 5.79 Å². The number of halogens is 1. The highest BCUT2D eigenvalue weighted by Gasteiger charge is 2.35. The van der Waals surface area contributed by atoms with Gasteiger partial charge in [-0.15, -0.1) is 0 Å². The minimum Gasteiger partial charge on any atom is -0.481 e. The van der Waals surface area contributed by atoms with E-state index < -0.39 is 17.7 Å². The molecule has 1 aromatic rings. The fourth-order valence-corrected chi connectivity index (χ4v) is 2.58. The molecule has 104 valence electrons. The summed E-state index contributed by atoms with van der Waals surface area (Å²) in [4.78, 5) is 11.4. The van der Waals surface area contributed by atoms with Crippen molar-refractivity contribution in [3.05, 3.63) is 33.4 Å². The molecule has 1 aliphatic rings. The predicted molar refractivity (Wildman–Crippen MR) is 79.1 cm³/mol. The van der Waals surface area contributed by atoms with Crippen LogP contribution in [-0.2, 0) is 14.3 Å². The normalized spacial score (nSPS) is 23.2. The maximum atomic E-state index is 11.4. The minimum atomic E-state index is -0.825. The van der Waals surface area contributed by atoms with Crippen LogP contribution in [0.3, 0.4) is 0 Å². The summed E-state index contributed by atoms with van der Waals surface area (Å²) in [7, 11) is 0. The van der Waals surface area contributed by atoms with Crippen molar-refractivity contribution in [2.75, 3.05) is 6.61 Å². The maximum Gasteiger partial charge on any atom is 0.311 e. The van der Waals surface area contributed by atoms with Gasteiger partial charge < -0.3 is 14.6 Å². The van der Waals surface area contributed by atoms with E-state index in [-0.39, 0.29) is 6.10 Å². The number of ether oxygens (including phenoxy) is 2. The van der Waals surface area contributed by atoms with Gasteiger partial charge in [-0.3, -0.25) is 4.79 Å². The molecule has 19 heavy (non-hydrogen) atoms. The summed E-state index contributed by atoms with van der Waals surface area (Å²) in [6.45, 7) is 4.13. The van der Waals surface area contributed by atoms with Crippen molar-refractivity contribution in [3.63, 3.8) is 0 Å². The minimum absolute atomic E-state index is 0.171. The third-order valence-corrected chi connectivity index (χ3v) is 3.86. The van der Waals surface area contributed by atoms with Gasteiger partial charge in [0.05, 0.1) is 18.6 Å². The molecule has 0 radical (unpaired) electrons. The van der Waals surface area contributed by atoms with Crippen molar-refractivity contribution < 1.29 is 19.4 Å². The van der Waals surface area contributed by atoms with Crippen LogP contribution in [0.4, 0.5) is 0 Å². The first-order valence-electron chi connectivity index (χ1n) is 6.17. The Morgan fingerprint density at radius 2 is 2.11 bits per heavy atom. The number of carbonyl (C=O) groups is 1. The van der Waals surface area contributed by atoms with Crippen LogP contribution in [0.25, 0.3) is 0 Å². The summed E-state index contributed by atoms with van der Waals surface area (Å²) >= 11 is 2.20. The van der Waals surface area contributed by atoms with Gasteiger partial charge in [-0.05, 0) is 60.6 Å². The van der Waals surface area contributed by atoms with Gasteiger partial charge in [0.1, 0.15) is 0 Å². The summed E-state index contributed by atoms with van der Waals surface area (Å²) in [5.41, 5.74) is 0.807. The van der Waals surface area contributed by atoms with E-state index in [2.05, 4.69) is 22.6 Å². The molecule has 1 unspecified atom stereocenters. The average Bonchev–Trinajstić information content (AvgIpc) is 2.67. The summed E-state index contributed by atoms with van der Waals surface area (Å²) in [6.07, 6.45) is 0.259. The Labute approximate surface area is 126 Å². The van der Waals surface area contributed by atoms with E-state index >= 15 is 0 Å². The molecule has 4 nitrogen and oxygen atoms in total. The Bertz CT molecular complexity index is 455. The molecule has 1 saturated heterocycles. The maximum absolute atomic E-state index is 11.4. The topological polar surface area (TPSA) is 55.8 Å². The highest BCUT2D eigenvalue weighted by molar-refractivity contribution is 14.1. The van der Waals surface area contributed by atoms with Crippen LogP contribution >= 0.6 is 22.6 Å². The first kappa shape index (κ1) is 14.7. The van der Waals surface area contributed by atoms with Gasteiger partial charge >= 0.3 is 5.97 Å². The first-order chi connectivity index (χ1) is 8.87. The second-order valence-corrected chi connectivity index (χ2v) is 6.37. The number of rotatable bonds is 4. The van der Waals surface area contributed by atoms with Crippen LogP contribution in [0.2, 0.25) is 0 Å². The molecule has 0 spiro atoms. The second kappa shape index (κ2) is 5.76. The summed E-state index contributed by atoms with van der Waals surface area (Å²) in [5.74, 6) is -1.99. The fourth-order valence-electron chi connectivity index (χ4n) is 2.22. The molecule has 0 aliphatic carbocycles. The number of hydrogen-bond donors (Lipinski definition) is 1. The monoisotopic (exact) mass is 376 g/mol. The fraction of sp³-hybridized carbons (Fsp3) is 0.500. The van der Waals surface area contributed by atoms with Crippen LogP contribution < -0.4 is 0 Å². The molecule has 0 aromatic heterocycles. The largest absolute Gasteiger partial charge is 0.481 e. The molecule has 5 heteroatoms. The van der Waals surface area contributed by atoms with Gasteiger partial charge in [0, 0.05) is 3.57 Å². The van der Waals surface area contributed by atoms with E-state index in [1.807, 2.05) is 38.1 Å². The van der Waals surface area contributed by atoms with Crippen molar-refractivity contribution >= 4 is 28.6 Å². The molecule has 2 rings (SSSR count). The zero-order valence-electron chi connectivity index (χ0n) is 10.9. The average molecular weight is 376 g/mol. The lowest BCUT2D eigenvalue weighted by molar-refractivity contribution is -0.146. The number of hydrogen-bond acceptors (Lipinski definition) is 3. The Balaban J connectivity index is 2.09. The lowest BCUT2D eigenvalue weighted by atomic mass is 9.93. The number of benzene rings is 1. The molecule has 2 atom stereocenters. The molecule has 0 bridgehead atoms.